The van der Waals surface area contributed by atoms with Crippen molar-refractivity contribution in [2.24, 2.45) is 0 Å². The number of nitrogens with zero attached hydrogens (tertiary/aromatic N) is 4. The molecule has 0 aliphatic heterocycles. The van der Waals surface area contributed by atoms with Gasteiger partial charge in [0.1, 0.15) is 5.69 Å². The lowest BCUT2D eigenvalue weighted by atomic mass is 10.1. The number of benzene rings is 1. The quantitative estimate of drug-likeness (QED) is 0.661. The Kier molecular flexibility index (Phi) is 5.82. The van der Waals surface area contributed by atoms with E-state index in [9.17, 15) is 9.59 Å². The van der Waals surface area contributed by atoms with Gasteiger partial charge in [0, 0.05) is 19.3 Å². The van der Waals surface area contributed by atoms with Gasteiger partial charge >= 0.3 is 0 Å². The summed E-state index contributed by atoms with van der Waals surface area (Å²) in [6.45, 7) is 1.82. The Labute approximate surface area is 176 Å². The van der Waals surface area contributed by atoms with Gasteiger partial charge in [0.25, 0.3) is 11.8 Å². The van der Waals surface area contributed by atoms with Crippen LogP contribution in [0, 0.1) is 18.3 Å². The largest absolute Gasteiger partial charge is 0.355 e. The third-order valence-corrected chi connectivity index (χ3v) is 4.51. The standard InChI is InChI=1S/C19H14Cl2N6O2/c1-10-4-3-5-24-17(10)27-14(8-15(21)26-27)19(29)25-16-12(18(28)23-2)6-11(9-22)7-13(16)20/h3-8H,1-2H3,(H,23,28)(H,25,29). The van der Waals surface area contributed by atoms with Gasteiger partial charge in [-0.15, -0.1) is 0 Å². The lowest BCUT2D eigenvalue weighted by Gasteiger charge is -2.14. The second-order valence-corrected chi connectivity index (χ2v) is 6.73. The molecule has 0 atom stereocenters. The zero-order chi connectivity index (χ0) is 21.1. The molecule has 2 heterocycles. The van der Waals surface area contributed by atoms with Crippen LogP contribution in [0.15, 0.2) is 36.5 Å². The first-order valence-corrected chi connectivity index (χ1v) is 9.06. The van der Waals surface area contributed by atoms with Crippen molar-refractivity contribution in [1.82, 2.24) is 20.1 Å². The zero-order valence-corrected chi connectivity index (χ0v) is 16.8. The van der Waals surface area contributed by atoms with Crippen molar-refractivity contribution in [2.45, 2.75) is 6.92 Å². The predicted octanol–water partition coefficient (Wildman–Crippen LogP) is 3.37. The summed E-state index contributed by atoms with van der Waals surface area (Å²) in [4.78, 5) is 29.5. The summed E-state index contributed by atoms with van der Waals surface area (Å²) in [5, 5.41) is 18.5. The average molecular weight is 429 g/mol. The summed E-state index contributed by atoms with van der Waals surface area (Å²) in [5.41, 5.74) is 1.18. The average Bonchev–Trinajstić information content (AvgIpc) is 3.10. The summed E-state index contributed by atoms with van der Waals surface area (Å²) in [6, 6.07) is 9.58. The van der Waals surface area contributed by atoms with Crippen LogP contribution in [0.25, 0.3) is 5.82 Å². The highest BCUT2D eigenvalue weighted by atomic mass is 35.5. The number of nitrogens with one attached hydrogen (secondary N) is 2. The lowest BCUT2D eigenvalue weighted by molar-refractivity contribution is 0.0964. The maximum absolute atomic E-state index is 13.0. The van der Waals surface area contributed by atoms with E-state index in [0.29, 0.717) is 5.82 Å². The number of anilines is 1. The van der Waals surface area contributed by atoms with Crippen LogP contribution in [0.1, 0.15) is 32.0 Å². The molecule has 146 valence electrons. The van der Waals surface area contributed by atoms with Crippen LogP contribution >= 0.6 is 23.2 Å². The normalized spacial score (nSPS) is 10.3. The Bertz CT molecular complexity index is 1170. The second-order valence-electron chi connectivity index (χ2n) is 5.93. The van der Waals surface area contributed by atoms with E-state index < -0.39 is 11.8 Å². The number of carbonyl (C=O) groups excluding carboxylic acids is 2. The van der Waals surface area contributed by atoms with Gasteiger partial charge < -0.3 is 10.6 Å². The number of hydrogen-bond donors (Lipinski definition) is 2. The van der Waals surface area contributed by atoms with Gasteiger partial charge in [-0.25, -0.2) is 9.67 Å². The highest BCUT2D eigenvalue weighted by Gasteiger charge is 2.22. The minimum absolute atomic E-state index is 0.0437. The van der Waals surface area contributed by atoms with Crippen molar-refractivity contribution in [3.63, 3.8) is 0 Å². The molecule has 2 amide bonds. The first-order chi connectivity index (χ1) is 13.8. The summed E-state index contributed by atoms with van der Waals surface area (Å²) in [7, 11) is 1.43. The number of nitriles is 1. The minimum atomic E-state index is -0.605. The smallest absolute Gasteiger partial charge is 0.274 e. The number of halogens is 2. The molecular formula is C19H14Cl2N6O2. The predicted molar refractivity (Wildman–Crippen MR) is 109 cm³/mol. The minimum Gasteiger partial charge on any atom is -0.355 e. The van der Waals surface area contributed by atoms with Crippen molar-refractivity contribution in [2.75, 3.05) is 12.4 Å². The first-order valence-electron chi connectivity index (χ1n) is 8.30. The second kappa shape index (κ2) is 8.31. The number of aryl methyl sites for hydroxylation is 1. The number of hydrogen-bond acceptors (Lipinski definition) is 5. The van der Waals surface area contributed by atoms with E-state index in [1.54, 1.807) is 12.3 Å². The van der Waals surface area contributed by atoms with Crippen LogP contribution in [0.5, 0.6) is 0 Å². The molecule has 2 N–H and O–H groups in total. The molecule has 3 aromatic rings. The fraction of sp³-hybridized carbons (Fsp3) is 0.105. The number of amides is 2. The molecule has 0 unspecified atom stereocenters. The van der Waals surface area contributed by atoms with E-state index in [1.807, 2.05) is 19.1 Å². The molecule has 0 aliphatic carbocycles. The van der Waals surface area contributed by atoms with E-state index in [-0.39, 0.29) is 32.7 Å². The third kappa shape index (κ3) is 4.06. The van der Waals surface area contributed by atoms with Crippen LogP contribution in [-0.4, -0.2) is 33.6 Å². The molecule has 29 heavy (non-hydrogen) atoms. The molecule has 0 aliphatic rings. The molecule has 10 heteroatoms. The van der Waals surface area contributed by atoms with Crippen molar-refractivity contribution < 1.29 is 9.59 Å². The van der Waals surface area contributed by atoms with Crippen molar-refractivity contribution in [3.05, 3.63) is 69.1 Å². The highest BCUT2D eigenvalue weighted by Crippen LogP contribution is 2.29. The van der Waals surface area contributed by atoms with Crippen molar-refractivity contribution in [1.29, 1.82) is 5.26 Å². The molecule has 0 saturated heterocycles. The molecule has 0 bridgehead atoms. The van der Waals surface area contributed by atoms with Gasteiger partial charge in [0.2, 0.25) is 0 Å². The lowest BCUT2D eigenvalue weighted by Crippen LogP contribution is -2.23. The summed E-state index contributed by atoms with van der Waals surface area (Å²) in [6.07, 6.45) is 1.57. The van der Waals surface area contributed by atoms with Crippen LogP contribution < -0.4 is 10.6 Å². The van der Waals surface area contributed by atoms with E-state index in [1.165, 1.54) is 29.9 Å². The maximum Gasteiger partial charge on any atom is 0.274 e. The Morgan fingerprint density at radius 3 is 2.62 bits per heavy atom. The highest BCUT2D eigenvalue weighted by molar-refractivity contribution is 6.35. The van der Waals surface area contributed by atoms with Crippen molar-refractivity contribution in [3.8, 4) is 11.9 Å². The Hall–Kier alpha value is -3.41. The monoisotopic (exact) mass is 428 g/mol. The number of pyridine rings is 1. The zero-order valence-electron chi connectivity index (χ0n) is 15.3. The van der Waals surface area contributed by atoms with Gasteiger partial charge in [-0.3, -0.25) is 9.59 Å². The number of carbonyl (C=O) groups is 2. The van der Waals surface area contributed by atoms with E-state index in [0.717, 1.165) is 5.56 Å². The van der Waals surface area contributed by atoms with Crippen LogP contribution in [-0.2, 0) is 0 Å². The molecule has 0 fully saturated rings. The summed E-state index contributed by atoms with van der Waals surface area (Å²) >= 11 is 12.3. The molecule has 0 radical (unpaired) electrons. The molecule has 0 spiro atoms. The Balaban J connectivity index is 2.06. The van der Waals surface area contributed by atoms with Gasteiger partial charge in [0.15, 0.2) is 11.0 Å². The molecule has 3 rings (SSSR count). The topological polar surface area (TPSA) is 113 Å². The van der Waals surface area contributed by atoms with Crippen molar-refractivity contribution >= 4 is 40.7 Å². The van der Waals surface area contributed by atoms with E-state index >= 15 is 0 Å². The maximum atomic E-state index is 13.0. The SMILES string of the molecule is CNC(=O)c1cc(C#N)cc(Cl)c1NC(=O)c1cc(Cl)nn1-c1ncccc1C. The van der Waals surface area contributed by atoms with Gasteiger partial charge in [-0.2, -0.15) is 10.4 Å². The summed E-state index contributed by atoms with van der Waals surface area (Å²) < 4.78 is 1.31. The number of rotatable bonds is 4. The summed E-state index contributed by atoms with van der Waals surface area (Å²) in [5.74, 6) is -0.681. The van der Waals surface area contributed by atoms with Crippen LogP contribution in [0.4, 0.5) is 5.69 Å². The van der Waals surface area contributed by atoms with E-state index in [4.69, 9.17) is 28.5 Å². The third-order valence-electron chi connectivity index (χ3n) is 4.02. The van der Waals surface area contributed by atoms with Gasteiger partial charge in [-0.1, -0.05) is 29.3 Å². The van der Waals surface area contributed by atoms with Crippen LogP contribution in [0.2, 0.25) is 10.2 Å². The van der Waals surface area contributed by atoms with Gasteiger partial charge in [0.05, 0.1) is 27.9 Å². The molecule has 0 saturated carbocycles. The fourth-order valence-electron chi connectivity index (χ4n) is 2.66. The Morgan fingerprint density at radius 2 is 1.97 bits per heavy atom. The molecule has 2 aromatic heterocycles. The molecular weight excluding hydrogens is 415 g/mol. The fourth-order valence-corrected chi connectivity index (χ4v) is 3.11. The van der Waals surface area contributed by atoms with E-state index in [2.05, 4.69) is 20.7 Å². The number of aromatic nitrogens is 3. The Morgan fingerprint density at radius 1 is 1.21 bits per heavy atom. The van der Waals surface area contributed by atoms with Crippen LogP contribution in [0.3, 0.4) is 0 Å². The van der Waals surface area contributed by atoms with Gasteiger partial charge in [-0.05, 0) is 30.7 Å². The molecule has 8 nitrogen and oxygen atoms in total. The molecule has 1 aromatic carbocycles. The first kappa shape index (κ1) is 20.3.